The minimum Gasteiger partial charge on any atom is -0.321 e. The highest BCUT2D eigenvalue weighted by Crippen LogP contribution is 2.43. The number of carbonyl (C=O) groups is 1. The van der Waals surface area contributed by atoms with Crippen LogP contribution < -0.4 is 5.32 Å². The van der Waals surface area contributed by atoms with Gasteiger partial charge >= 0.3 is 0 Å². The van der Waals surface area contributed by atoms with Gasteiger partial charge in [-0.05, 0) is 48.1 Å². The van der Waals surface area contributed by atoms with Crippen molar-refractivity contribution in [1.29, 1.82) is 0 Å². The molecule has 2 heterocycles. The Morgan fingerprint density at radius 1 is 1.53 bits per heavy atom. The standard InChI is InChI=1S/C13H18N2OS/c1-3-11-14-13(4-5-13)12(16)15(11)6-10-8-17-7-9(10)2/h7-8,11,14H,3-6H2,1-2H3. The average Bonchev–Trinajstić information content (AvgIpc) is 2.93. The number of hydrogen-bond acceptors (Lipinski definition) is 3. The fraction of sp³-hybridized carbons (Fsp3) is 0.615. The summed E-state index contributed by atoms with van der Waals surface area (Å²) in [5, 5.41) is 7.81. The highest BCUT2D eigenvalue weighted by atomic mass is 32.1. The van der Waals surface area contributed by atoms with E-state index in [-0.39, 0.29) is 11.7 Å². The normalized spacial score (nSPS) is 25.9. The summed E-state index contributed by atoms with van der Waals surface area (Å²) in [5.74, 6) is 0.315. The molecule has 4 heteroatoms. The number of aryl methyl sites for hydroxylation is 1. The zero-order valence-corrected chi connectivity index (χ0v) is 11.1. The molecule has 1 amide bonds. The quantitative estimate of drug-likeness (QED) is 0.892. The van der Waals surface area contributed by atoms with Crippen LogP contribution in [0.15, 0.2) is 10.8 Å². The van der Waals surface area contributed by atoms with E-state index in [0.29, 0.717) is 5.91 Å². The van der Waals surface area contributed by atoms with Crippen molar-refractivity contribution in [3.05, 3.63) is 21.9 Å². The molecule has 1 aromatic rings. The van der Waals surface area contributed by atoms with Crippen LogP contribution in [0.4, 0.5) is 0 Å². The lowest BCUT2D eigenvalue weighted by atomic mass is 10.2. The van der Waals surface area contributed by atoms with Crippen molar-refractivity contribution < 1.29 is 4.79 Å². The minimum atomic E-state index is -0.176. The van der Waals surface area contributed by atoms with Gasteiger partial charge in [0.15, 0.2) is 0 Å². The first-order valence-electron chi connectivity index (χ1n) is 6.27. The summed E-state index contributed by atoms with van der Waals surface area (Å²) in [6.07, 6.45) is 3.24. The summed E-state index contributed by atoms with van der Waals surface area (Å²) >= 11 is 1.72. The second-order valence-corrected chi connectivity index (χ2v) is 5.91. The summed E-state index contributed by atoms with van der Waals surface area (Å²) in [6.45, 7) is 5.02. The fourth-order valence-corrected chi connectivity index (χ4v) is 3.44. The van der Waals surface area contributed by atoms with E-state index in [0.717, 1.165) is 25.8 Å². The Kier molecular flexibility index (Phi) is 2.52. The highest BCUT2D eigenvalue weighted by molar-refractivity contribution is 7.08. The number of thiophene rings is 1. The predicted molar refractivity (Wildman–Crippen MR) is 68.8 cm³/mol. The number of nitrogens with zero attached hydrogens (tertiary/aromatic N) is 1. The third-order valence-electron chi connectivity index (χ3n) is 3.93. The Bertz CT molecular complexity index is 450. The maximum atomic E-state index is 12.4. The van der Waals surface area contributed by atoms with Crippen molar-refractivity contribution in [3.63, 3.8) is 0 Å². The van der Waals surface area contributed by atoms with E-state index in [1.165, 1.54) is 11.1 Å². The van der Waals surface area contributed by atoms with Crippen LogP contribution in [-0.4, -0.2) is 22.5 Å². The minimum absolute atomic E-state index is 0.176. The zero-order valence-electron chi connectivity index (χ0n) is 10.3. The van der Waals surface area contributed by atoms with Gasteiger partial charge < -0.3 is 4.90 Å². The van der Waals surface area contributed by atoms with Gasteiger partial charge in [0.2, 0.25) is 5.91 Å². The van der Waals surface area contributed by atoms with Gasteiger partial charge in [-0.15, -0.1) is 0 Å². The fourth-order valence-electron chi connectivity index (χ4n) is 2.60. The van der Waals surface area contributed by atoms with Crippen molar-refractivity contribution in [2.75, 3.05) is 0 Å². The first-order chi connectivity index (χ1) is 8.16. The second kappa shape index (κ2) is 3.82. The lowest BCUT2D eigenvalue weighted by molar-refractivity contribution is -0.131. The van der Waals surface area contributed by atoms with Crippen LogP contribution in [0.2, 0.25) is 0 Å². The number of amides is 1. The highest BCUT2D eigenvalue weighted by Gasteiger charge is 2.58. The molecule has 2 aliphatic rings. The van der Waals surface area contributed by atoms with E-state index in [1.807, 2.05) is 4.90 Å². The molecule has 17 heavy (non-hydrogen) atoms. The van der Waals surface area contributed by atoms with E-state index in [9.17, 15) is 4.79 Å². The largest absolute Gasteiger partial charge is 0.321 e. The Morgan fingerprint density at radius 3 is 2.82 bits per heavy atom. The van der Waals surface area contributed by atoms with Crippen molar-refractivity contribution in [1.82, 2.24) is 10.2 Å². The number of carbonyl (C=O) groups excluding carboxylic acids is 1. The predicted octanol–water partition coefficient (Wildman–Crippen LogP) is 2.26. The summed E-state index contributed by atoms with van der Waals surface area (Å²) < 4.78 is 0. The molecule has 0 bridgehead atoms. The topological polar surface area (TPSA) is 32.3 Å². The second-order valence-electron chi connectivity index (χ2n) is 5.16. The number of rotatable bonds is 3. The summed E-state index contributed by atoms with van der Waals surface area (Å²) in [5.41, 5.74) is 2.42. The lowest BCUT2D eigenvalue weighted by Gasteiger charge is -2.23. The molecule has 1 aromatic heterocycles. The van der Waals surface area contributed by atoms with Crippen LogP contribution in [0, 0.1) is 6.92 Å². The Balaban J connectivity index is 1.82. The monoisotopic (exact) mass is 250 g/mol. The molecule has 0 radical (unpaired) electrons. The van der Waals surface area contributed by atoms with Crippen LogP contribution in [0.25, 0.3) is 0 Å². The molecule has 2 fully saturated rings. The number of nitrogens with one attached hydrogen (secondary N) is 1. The molecule has 1 spiro atoms. The van der Waals surface area contributed by atoms with Gasteiger partial charge in [0.05, 0.1) is 11.7 Å². The van der Waals surface area contributed by atoms with E-state index in [2.05, 4.69) is 29.9 Å². The number of hydrogen-bond donors (Lipinski definition) is 1. The third-order valence-corrected chi connectivity index (χ3v) is 4.84. The molecular weight excluding hydrogens is 232 g/mol. The van der Waals surface area contributed by atoms with Crippen molar-refractivity contribution in [2.45, 2.75) is 51.4 Å². The molecular formula is C13H18N2OS. The first kappa shape index (κ1) is 11.2. The van der Waals surface area contributed by atoms with Gasteiger partial charge in [0, 0.05) is 6.54 Å². The van der Waals surface area contributed by atoms with E-state index in [4.69, 9.17) is 0 Å². The molecule has 1 aliphatic heterocycles. The van der Waals surface area contributed by atoms with E-state index in [1.54, 1.807) is 11.3 Å². The van der Waals surface area contributed by atoms with Crippen molar-refractivity contribution in [3.8, 4) is 0 Å². The molecule has 3 nitrogen and oxygen atoms in total. The molecule has 1 atom stereocenters. The maximum absolute atomic E-state index is 12.4. The summed E-state index contributed by atoms with van der Waals surface area (Å²) in [6, 6.07) is 0. The van der Waals surface area contributed by atoms with E-state index >= 15 is 0 Å². The Morgan fingerprint density at radius 2 is 2.29 bits per heavy atom. The lowest BCUT2D eigenvalue weighted by Crippen LogP contribution is -2.36. The molecule has 1 saturated carbocycles. The van der Waals surface area contributed by atoms with Gasteiger partial charge in [-0.25, -0.2) is 0 Å². The third kappa shape index (κ3) is 1.70. The van der Waals surface area contributed by atoms with Gasteiger partial charge in [0.25, 0.3) is 0 Å². The maximum Gasteiger partial charge on any atom is 0.244 e. The van der Waals surface area contributed by atoms with Gasteiger partial charge in [-0.2, -0.15) is 11.3 Å². The van der Waals surface area contributed by atoms with Gasteiger partial charge in [-0.3, -0.25) is 10.1 Å². The zero-order chi connectivity index (χ0) is 12.0. The molecule has 1 saturated heterocycles. The molecule has 92 valence electrons. The van der Waals surface area contributed by atoms with Crippen LogP contribution in [0.5, 0.6) is 0 Å². The Labute approximate surface area is 106 Å². The molecule has 1 unspecified atom stereocenters. The van der Waals surface area contributed by atoms with E-state index < -0.39 is 0 Å². The SMILES string of the molecule is CCC1NC2(CC2)C(=O)N1Cc1cscc1C. The smallest absolute Gasteiger partial charge is 0.244 e. The Hall–Kier alpha value is -0.870. The molecule has 1 N–H and O–H groups in total. The molecule has 3 rings (SSSR count). The summed E-state index contributed by atoms with van der Waals surface area (Å²) in [7, 11) is 0. The van der Waals surface area contributed by atoms with Crippen molar-refractivity contribution >= 4 is 17.2 Å². The molecule has 1 aliphatic carbocycles. The van der Waals surface area contributed by atoms with Crippen LogP contribution >= 0.6 is 11.3 Å². The van der Waals surface area contributed by atoms with Crippen LogP contribution in [0.1, 0.15) is 37.3 Å². The van der Waals surface area contributed by atoms with Gasteiger partial charge in [-0.1, -0.05) is 6.92 Å². The van der Waals surface area contributed by atoms with Crippen LogP contribution in [-0.2, 0) is 11.3 Å². The van der Waals surface area contributed by atoms with Gasteiger partial charge in [0.1, 0.15) is 0 Å². The average molecular weight is 250 g/mol. The van der Waals surface area contributed by atoms with Crippen molar-refractivity contribution in [2.24, 2.45) is 0 Å². The first-order valence-corrected chi connectivity index (χ1v) is 7.21. The van der Waals surface area contributed by atoms with Crippen LogP contribution in [0.3, 0.4) is 0 Å². The molecule has 0 aromatic carbocycles. The summed E-state index contributed by atoms with van der Waals surface area (Å²) in [4.78, 5) is 14.4.